The molecule has 3 nitrogen and oxygen atoms in total. The van der Waals surface area contributed by atoms with Gasteiger partial charge < -0.3 is 0 Å². The molecule has 0 N–H and O–H groups in total. The Morgan fingerprint density at radius 3 is 1.34 bits per heavy atom. The molecule has 276 valence electrons. The lowest BCUT2D eigenvalue weighted by Gasteiger charge is -2.34. The Balaban J connectivity index is 1.17. The highest BCUT2D eigenvalue weighted by atomic mass is 15.0. The van der Waals surface area contributed by atoms with Crippen molar-refractivity contribution in [3.63, 3.8) is 0 Å². The monoisotopic (exact) mass is 751 g/mol. The minimum atomic E-state index is -0.521. The van der Waals surface area contributed by atoms with Crippen LogP contribution in [0.4, 0.5) is 0 Å². The van der Waals surface area contributed by atoms with Crippen molar-refractivity contribution in [3.8, 4) is 67.5 Å². The van der Waals surface area contributed by atoms with Crippen LogP contribution in [-0.2, 0) is 5.41 Å². The highest BCUT2D eigenvalue weighted by Crippen LogP contribution is 2.60. The van der Waals surface area contributed by atoms with E-state index in [0.29, 0.717) is 17.5 Å². The van der Waals surface area contributed by atoms with Gasteiger partial charge in [-0.1, -0.05) is 224 Å². The van der Waals surface area contributed by atoms with E-state index in [1.165, 1.54) is 60.8 Å². The molecular weight excluding hydrogens is 715 g/mol. The van der Waals surface area contributed by atoms with Crippen molar-refractivity contribution in [3.05, 3.63) is 247 Å². The molecule has 0 bridgehead atoms. The summed E-state index contributed by atoms with van der Waals surface area (Å²) < 4.78 is 0. The number of hydrogen-bond acceptors (Lipinski definition) is 3. The van der Waals surface area contributed by atoms with E-state index in [0.717, 1.165) is 22.3 Å². The third-order valence-corrected chi connectivity index (χ3v) is 11.8. The molecule has 0 saturated heterocycles. The molecule has 1 aliphatic rings. The minimum absolute atomic E-state index is 0.521. The van der Waals surface area contributed by atoms with Crippen LogP contribution in [0.3, 0.4) is 0 Å². The van der Waals surface area contributed by atoms with Gasteiger partial charge in [-0.25, -0.2) is 15.0 Å². The number of fused-ring (bicyclic) bond motifs is 4. The molecule has 0 saturated carbocycles. The average Bonchev–Trinajstić information content (AvgIpc) is 3.63. The van der Waals surface area contributed by atoms with E-state index in [2.05, 4.69) is 164 Å². The van der Waals surface area contributed by atoms with Gasteiger partial charge in [-0.05, 0) is 66.4 Å². The zero-order valence-corrected chi connectivity index (χ0v) is 32.2. The molecule has 0 atom stereocenters. The summed E-state index contributed by atoms with van der Waals surface area (Å²) in [6, 6.07) is 80.3. The first-order valence-corrected chi connectivity index (χ1v) is 20.1. The summed E-state index contributed by atoms with van der Waals surface area (Å²) in [5, 5.41) is 2.44. The Labute approximate surface area is 344 Å². The molecule has 9 aromatic carbocycles. The number of rotatable bonds is 7. The molecule has 1 heterocycles. The van der Waals surface area contributed by atoms with E-state index in [-0.39, 0.29) is 0 Å². The van der Waals surface area contributed by atoms with Crippen LogP contribution in [0.15, 0.2) is 224 Å². The van der Waals surface area contributed by atoms with Gasteiger partial charge in [0, 0.05) is 16.7 Å². The Morgan fingerprint density at radius 1 is 0.271 bits per heavy atom. The van der Waals surface area contributed by atoms with E-state index >= 15 is 0 Å². The molecule has 10 aromatic rings. The number of hydrogen-bond donors (Lipinski definition) is 0. The van der Waals surface area contributed by atoms with E-state index < -0.39 is 5.41 Å². The topological polar surface area (TPSA) is 38.7 Å². The number of aromatic nitrogens is 3. The van der Waals surface area contributed by atoms with Crippen LogP contribution in [0.2, 0.25) is 0 Å². The first-order valence-electron chi connectivity index (χ1n) is 20.1. The average molecular weight is 752 g/mol. The van der Waals surface area contributed by atoms with Gasteiger partial charge in [0.2, 0.25) is 0 Å². The minimum Gasteiger partial charge on any atom is -0.208 e. The summed E-state index contributed by atoms with van der Waals surface area (Å²) in [5.74, 6) is 1.93. The zero-order valence-electron chi connectivity index (χ0n) is 32.2. The zero-order chi connectivity index (χ0) is 39.2. The number of nitrogens with zero attached hydrogens (tertiary/aromatic N) is 3. The lowest BCUT2D eigenvalue weighted by Crippen LogP contribution is -2.28. The smallest absolute Gasteiger partial charge is 0.164 e. The highest BCUT2D eigenvalue weighted by molar-refractivity contribution is 6.07. The van der Waals surface area contributed by atoms with Gasteiger partial charge in [0.1, 0.15) is 0 Å². The fourth-order valence-electron chi connectivity index (χ4n) is 9.24. The van der Waals surface area contributed by atoms with Crippen LogP contribution in [0.25, 0.3) is 78.3 Å². The van der Waals surface area contributed by atoms with E-state index in [4.69, 9.17) is 15.0 Å². The van der Waals surface area contributed by atoms with Gasteiger partial charge in [0.25, 0.3) is 0 Å². The first-order chi connectivity index (χ1) is 29.3. The Hall–Kier alpha value is -7.75. The van der Waals surface area contributed by atoms with Crippen LogP contribution < -0.4 is 0 Å². The second-order valence-corrected chi connectivity index (χ2v) is 15.1. The maximum atomic E-state index is 5.05. The highest BCUT2D eigenvalue weighted by Gasteiger charge is 2.47. The summed E-state index contributed by atoms with van der Waals surface area (Å²) in [4.78, 5) is 15.0. The summed E-state index contributed by atoms with van der Waals surface area (Å²) in [6.07, 6.45) is 0. The Morgan fingerprint density at radius 2 is 0.729 bits per heavy atom. The fourth-order valence-corrected chi connectivity index (χ4v) is 9.24. The van der Waals surface area contributed by atoms with Crippen molar-refractivity contribution in [1.29, 1.82) is 0 Å². The molecule has 59 heavy (non-hydrogen) atoms. The largest absolute Gasteiger partial charge is 0.208 e. The predicted octanol–water partition coefficient (Wildman–Crippen LogP) is 13.7. The van der Waals surface area contributed by atoms with E-state index in [1.807, 2.05) is 60.7 Å². The van der Waals surface area contributed by atoms with E-state index in [1.54, 1.807) is 0 Å². The lowest BCUT2D eigenvalue weighted by molar-refractivity contribution is 0.768. The summed E-state index contributed by atoms with van der Waals surface area (Å²) in [7, 11) is 0. The molecule has 11 rings (SSSR count). The van der Waals surface area contributed by atoms with Crippen molar-refractivity contribution in [2.24, 2.45) is 0 Å². The normalized spacial score (nSPS) is 12.5. The fraction of sp³-hybridized carbons (Fsp3) is 0.0179. The molecule has 0 aliphatic heterocycles. The standard InChI is InChI=1S/C56H37N3/c1-5-19-40(20-6-1)53-57-54(41-21-7-2-8-22-41)59-55(58-53)42-34-32-39(33-35-42)51-47(46-30-17-23-38-18-13-14-28-45(38)46)36-37-50-52(51)48-29-15-16-31-49(48)56(50,43-24-9-3-10-25-43)44-26-11-4-12-27-44/h1-37H. The number of benzene rings is 9. The molecule has 0 amide bonds. The van der Waals surface area contributed by atoms with Gasteiger partial charge >= 0.3 is 0 Å². The van der Waals surface area contributed by atoms with Crippen molar-refractivity contribution < 1.29 is 0 Å². The second-order valence-electron chi connectivity index (χ2n) is 15.1. The first kappa shape index (κ1) is 34.5. The third-order valence-electron chi connectivity index (χ3n) is 11.8. The lowest BCUT2D eigenvalue weighted by atomic mass is 9.67. The second kappa shape index (κ2) is 14.3. The van der Waals surface area contributed by atoms with Crippen molar-refractivity contribution in [2.75, 3.05) is 0 Å². The maximum Gasteiger partial charge on any atom is 0.164 e. The van der Waals surface area contributed by atoms with Crippen LogP contribution in [0.1, 0.15) is 22.3 Å². The maximum absolute atomic E-state index is 5.05. The van der Waals surface area contributed by atoms with Gasteiger partial charge in [0.05, 0.1) is 5.41 Å². The predicted molar refractivity (Wildman–Crippen MR) is 242 cm³/mol. The molecule has 0 spiro atoms. The van der Waals surface area contributed by atoms with Crippen LogP contribution in [0.5, 0.6) is 0 Å². The molecule has 1 aromatic heterocycles. The third kappa shape index (κ3) is 5.70. The van der Waals surface area contributed by atoms with Gasteiger partial charge in [-0.2, -0.15) is 0 Å². The van der Waals surface area contributed by atoms with Crippen LogP contribution in [0, 0.1) is 0 Å². The van der Waals surface area contributed by atoms with Crippen molar-refractivity contribution in [2.45, 2.75) is 5.41 Å². The Kier molecular flexibility index (Phi) is 8.37. The molecule has 1 aliphatic carbocycles. The van der Waals surface area contributed by atoms with Gasteiger partial charge in [-0.15, -0.1) is 0 Å². The van der Waals surface area contributed by atoms with Crippen LogP contribution in [-0.4, -0.2) is 15.0 Å². The molecule has 0 radical (unpaired) electrons. The van der Waals surface area contributed by atoms with E-state index in [9.17, 15) is 0 Å². The molecular formula is C56H37N3. The Bertz CT molecular complexity index is 3020. The quantitative estimate of drug-likeness (QED) is 0.163. The molecule has 0 fully saturated rings. The van der Waals surface area contributed by atoms with Crippen molar-refractivity contribution in [1.82, 2.24) is 15.0 Å². The van der Waals surface area contributed by atoms with Crippen LogP contribution >= 0.6 is 0 Å². The van der Waals surface area contributed by atoms with Gasteiger partial charge in [-0.3, -0.25) is 0 Å². The SMILES string of the molecule is c1ccc(-c2nc(-c3ccccc3)nc(-c3ccc(-c4c(-c5cccc6ccccc56)ccc5c4-c4ccccc4C5(c4ccccc4)c4ccccc4)cc3)n2)cc1. The molecule has 3 heteroatoms. The van der Waals surface area contributed by atoms with Gasteiger partial charge in [0.15, 0.2) is 17.5 Å². The summed E-state index contributed by atoms with van der Waals surface area (Å²) >= 11 is 0. The summed E-state index contributed by atoms with van der Waals surface area (Å²) in [5.41, 5.74) is 14.6. The van der Waals surface area contributed by atoms with Crippen molar-refractivity contribution >= 4 is 10.8 Å². The summed E-state index contributed by atoms with van der Waals surface area (Å²) in [6.45, 7) is 0. The molecule has 0 unspecified atom stereocenters.